The second kappa shape index (κ2) is 5.10. The van der Waals surface area contributed by atoms with E-state index in [1.807, 2.05) is 0 Å². The van der Waals surface area contributed by atoms with Crippen LogP contribution in [-0.2, 0) is 10.0 Å². The van der Waals surface area contributed by atoms with Crippen molar-refractivity contribution >= 4 is 10.0 Å². The highest BCUT2D eigenvalue weighted by atomic mass is 32.2. The summed E-state index contributed by atoms with van der Waals surface area (Å²) in [7, 11) is -2.42. The van der Waals surface area contributed by atoms with Gasteiger partial charge in [-0.2, -0.15) is 4.31 Å². The highest BCUT2D eigenvalue weighted by molar-refractivity contribution is 7.89. The van der Waals surface area contributed by atoms with E-state index >= 15 is 0 Å². The molecule has 5 heteroatoms. The molecule has 0 aromatic heterocycles. The molecule has 0 N–H and O–H groups in total. The number of rotatable bonds is 3. The Kier molecular flexibility index (Phi) is 4.05. The normalized spacial score (nSPS) is 11.0. The fraction of sp³-hybridized carbons (Fsp3) is 0.273. The molecule has 0 atom stereocenters. The third-order valence-corrected chi connectivity index (χ3v) is 3.84. The van der Waals surface area contributed by atoms with Crippen LogP contribution in [0.3, 0.4) is 0 Å². The van der Waals surface area contributed by atoms with Gasteiger partial charge in [-0.1, -0.05) is 18.1 Å². The van der Waals surface area contributed by atoms with E-state index in [1.54, 1.807) is 6.92 Å². The van der Waals surface area contributed by atoms with Gasteiger partial charge in [0.15, 0.2) is 0 Å². The summed E-state index contributed by atoms with van der Waals surface area (Å²) in [6, 6.07) is 5.28. The summed E-state index contributed by atoms with van der Waals surface area (Å²) < 4.78 is 38.1. The molecule has 86 valence electrons. The average molecular weight is 241 g/mol. The Hall–Kier alpha value is -1.38. The molecule has 0 aliphatic rings. The zero-order valence-corrected chi connectivity index (χ0v) is 9.88. The van der Waals surface area contributed by atoms with Crippen LogP contribution in [0.15, 0.2) is 29.2 Å². The van der Waals surface area contributed by atoms with Gasteiger partial charge >= 0.3 is 0 Å². The highest BCUT2D eigenvalue weighted by Crippen LogP contribution is 2.17. The maximum absolute atomic E-state index is 13.3. The third kappa shape index (κ3) is 2.60. The lowest BCUT2D eigenvalue weighted by atomic mass is 10.4. The summed E-state index contributed by atoms with van der Waals surface area (Å²) in [5.41, 5.74) is 0. The monoisotopic (exact) mass is 241 g/mol. The summed E-state index contributed by atoms with van der Waals surface area (Å²) in [5.74, 6) is 4.45. The van der Waals surface area contributed by atoms with Gasteiger partial charge in [-0.25, -0.2) is 12.8 Å². The number of halogens is 1. The molecule has 3 nitrogen and oxygen atoms in total. The Bertz CT molecular complexity index is 528. The molecular weight excluding hydrogens is 229 g/mol. The summed E-state index contributed by atoms with van der Waals surface area (Å²) in [5, 5.41) is 0. The Morgan fingerprint density at radius 2 is 2.00 bits per heavy atom. The molecular formula is C11H12FNO2S. The standard InChI is InChI=1S/C11H12FNO2S/c1-3-4-9-13(2)16(14,15)11-8-6-5-7-10(11)12/h5-8H,9H2,1-2H3. The summed E-state index contributed by atoms with van der Waals surface area (Å²) in [4.78, 5) is -0.324. The predicted molar refractivity (Wildman–Crippen MR) is 59.7 cm³/mol. The zero-order chi connectivity index (χ0) is 12.2. The number of sulfonamides is 1. The molecule has 0 fully saturated rings. The number of benzene rings is 1. The van der Waals surface area contributed by atoms with E-state index < -0.39 is 15.8 Å². The van der Waals surface area contributed by atoms with Crippen molar-refractivity contribution in [3.05, 3.63) is 30.1 Å². The summed E-state index contributed by atoms with van der Waals surface area (Å²) in [6.45, 7) is 1.66. The Labute approximate surface area is 94.9 Å². The lowest BCUT2D eigenvalue weighted by Gasteiger charge is -2.14. The van der Waals surface area contributed by atoms with Gasteiger partial charge in [0.05, 0.1) is 6.54 Å². The molecule has 16 heavy (non-hydrogen) atoms. The molecule has 0 amide bonds. The van der Waals surface area contributed by atoms with Crippen LogP contribution in [-0.4, -0.2) is 26.3 Å². The van der Waals surface area contributed by atoms with E-state index in [0.717, 1.165) is 10.4 Å². The van der Waals surface area contributed by atoms with Gasteiger partial charge in [-0.15, -0.1) is 5.92 Å². The van der Waals surface area contributed by atoms with Gasteiger partial charge in [0, 0.05) is 7.05 Å². The molecule has 0 spiro atoms. The molecule has 0 saturated carbocycles. The largest absolute Gasteiger partial charge is 0.246 e. The fourth-order valence-electron chi connectivity index (χ4n) is 1.10. The van der Waals surface area contributed by atoms with Crippen molar-refractivity contribution in [1.29, 1.82) is 0 Å². The van der Waals surface area contributed by atoms with Crippen LogP contribution in [0.2, 0.25) is 0 Å². The second-order valence-electron chi connectivity index (χ2n) is 3.12. The van der Waals surface area contributed by atoms with Crippen molar-refractivity contribution < 1.29 is 12.8 Å². The van der Waals surface area contributed by atoms with Crippen molar-refractivity contribution in [2.24, 2.45) is 0 Å². The van der Waals surface area contributed by atoms with E-state index in [2.05, 4.69) is 11.8 Å². The van der Waals surface area contributed by atoms with Gasteiger partial charge in [0.25, 0.3) is 0 Å². The van der Waals surface area contributed by atoms with Crippen LogP contribution >= 0.6 is 0 Å². The maximum atomic E-state index is 13.3. The molecule has 1 aromatic carbocycles. The van der Waals surface area contributed by atoms with Crippen molar-refractivity contribution in [3.8, 4) is 11.8 Å². The SMILES string of the molecule is CC#CCN(C)S(=O)(=O)c1ccccc1F. The number of hydrogen-bond donors (Lipinski definition) is 0. The minimum absolute atomic E-state index is 0.0488. The zero-order valence-electron chi connectivity index (χ0n) is 9.07. The van der Waals surface area contributed by atoms with E-state index in [0.29, 0.717) is 0 Å². The first-order valence-electron chi connectivity index (χ1n) is 4.60. The van der Waals surface area contributed by atoms with E-state index in [9.17, 15) is 12.8 Å². The molecule has 1 aromatic rings. The maximum Gasteiger partial charge on any atom is 0.246 e. The smallest absolute Gasteiger partial charge is 0.207 e. The summed E-state index contributed by atoms with van der Waals surface area (Å²) in [6.07, 6.45) is 0. The highest BCUT2D eigenvalue weighted by Gasteiger charge is 2.23. The Morgan fingerprint density at radius 1 is 1.38 bits per heavy atom. The van der Waals surface area contributed by atoms with Crippen LogP contribution in [0.4, 0.5) is 4.39 Å². The second-order valence-corrected chi connectivity index (χ2v) is 5.13. The molecule has 0 heterocycles. The minimum Gasteiger partial charge on any atom is -0.207 e. The van der Waals surface area contributed by atoms with Gasteiger partial charge in [-0.05, 0) is 19.1 Å². The van der Waals surface area contributed by atoms with E-state index in [4.69, 9.17) is 0 Å². The molecule has 0 aliphatic heterocycles. The lowest BCUT2D eigenvalue weighted by molar-refractivity contribution is 0.492. The average Bonchev–Trinajstić information content (AvgIpc) is 2.26. The molecule has 0 unspecified atom stereocenters. The minimum atomic E-state index is -3.79. The number of hydrogen-bond acceptors (Lipinski definition) is 2. The van der Waals surface area contributed by atoms with Crippen LogP contribution in [0.5, 0.6) is 0 Å². The van der Waals surface area contributed by atoms with Crippen molar-refractivity contribution in [1.82, 2.24) is 4.31 Å². The van der Waals surface area contributed by atoms with Crippen LogP contribution in [0, 0.1) is 17.7 Å². The van der Waals surface area contributed by atoms with E-state index in [1.165, 1.54) is 25.2 Å². The molecule has 0 radical (unpaired) electrons. The quantitative estimate of drug-likeness (QED) is 0.751. The lowest BCUT2D eigenvalue weighted by Crippen LogP contribution is -2.28. The van der Waals surface area contributed by atoms with Gasteiger partial charge in [0.2, 0.25) is 10.0 Å². The Morgan fingerprint density at radius 3 is 2.56 bits per heavy atom. The molecule has 1 rings (SSSR count). The van der Waals surface area contributed by atoms with Crippen LogP contribution in [0.1, 0.15) is 6.92 Å². The first-order valence-corrected chi connectivity index (χ1v) is 6.04. The van der Waals surface area contributed by atoms with Crippen LogP contribution < -0.4 is 0 Å². The summed E-state index contributed by atoms with van der Waals surface area (Å²) >= 11 is 0. The van der Waals surface area contributed by atoms with Crippen LogP contribution in [0.25, 0.3) is 0 Å². The first kappa shape index (κ1) is 12.7. The van der Waals surface area contributed by atoms with Crippen molar-refractivity contribution in [2.45, 2.75) is 11.8 Å². The molecule has 0 aliphatic carbocycles. The van der Waals surface area contributed by atoms with E-state index in [-0.39, 0.29) is 11.4 Å². The van der Waals surface area contributed by atoms with Gasteiger partial charge in [0.1, 0.15) is 10.7 Å². The number of nitrogens with zero attached hydrogens (tertiary/aromatic N) is 1. The van der Waals surface area contributed by atoms with Gasteiger partial charge in [-0.3, -0.25) is 0 Å². The topological polar surface area (TPSA) is 37.4 Å². The first-order chi connectivity index (χ1) is 7.50. The molecule has 0 bridgehead atoms. The fourth-order valence-corrected chi connectivity index (χ4v) is 2.23. The third-order valence-electron chi connectivity index (χ3n) is 2.00. The molecule has 0 saturated heterocycles. The Balaban J connectivity index is 3.10. The predicted octanol–water partition coefficient (Wildman–Crippen LogP) is 1.47. The van der Waals surface area contributed by atoms with Crippen molar-refractivity contribution in [3.63, 3.8) is 0 Å². The van der Waals surface area contributed by atoms with Crippen molar-refractivity contribution in [2.75, 3.05) is 13.6 Å². The van der Waals surface area contributed by atoms with Gasteiger partial charge < -0.3 is 0 Å².